The lowest BCUT2D eigenvalue weighted by Crippen LogP contribution is -2.30. The van der Waals surface area contributed by atoms with Gasteiger partial charge in [0.2, 0.25) is 0 Å². The van der Waals surface area contributed by atoms with Crippen molar-refractivity contribution in [2.45, 2.75) is 25.9 Å². The number of nitrogens with one attached hydrogen (secondary N) is 2. The lowest BCUT2D eigenvalue weighted by molar-refractivity contribution is -0.167. The van der Waals surface area contributed by atoms with Gasteiger partial charge in [0, 0.05) is 10.7 Å². The van der Waals surface area contributed by atoms with Crippen molar-refractivity contribution in [3.05, 3.63) is 45.8 Å². The second-order valence-corrected chi connectivity index (χ2v) is 6.78. The van der Waals surface area contributed by atoms with E-state index in [1.807, 2.05) is 0 Å². The molecule has 1 aromatic carbocycles. The molecule has 2 aromatic rings. The molecule has 0 radical (unpaired) electrons. The summed E-state index contributed by atoms with van der Waals surface area (Å²) in [4.78, 5) is 23.8. The summed E-state index contributed by atoms with van der Waals surface area (Å²) in [5.74, 6) is -2.84. The first-order valence-corrected chi connectivity index (χ1v) is 8.42. The Bertz CT molecular complexity index is 786. The quantitative estimate of drug-likeness (QED) is 0.746. The zero-order valence-electron chi connectivity index (χ0n) is 13.2. The van der Waals surface area contributed by atoms with Crippen LogP contribution in [0.4, 0.5) is 23.9 Å². The molecule has 0 fully saturated rings. The van der Waals surface area contributed by atoms with Gasteiger partial charge >= 0.3 is 12.1 Å². The second-order valence-electron chi connectivity index (χ2n) is 5.46. The molecule has 2 amide bonds. The molecule has 0 spiro atoms. The monoisotopic (exact) mass is 390 g/mol. The molecule has 0 aliphatic heterocycles. The minimum atomic E-state index is -5.04. The van der Waals surface area contributed by atoms with Crippen LogP contribution in [0.3, 0.4) is 0 Å². The van der Waals surface area contributed by atoms with Gasteiger partial charge in [0.1, 0.15) is 5.00 Å². The molecule has 0 aliphatic rings. The molecule has 2 rings (SSSR count). The maximum absolute atomic E-state index is 12.6. The molecule has 4 nitrogen and oxygen atoms in total. The fraction of sp³-hybridized carbons (Fsp3) is 0.250. The number of halogens is 4. The van der Waals surface area contributed by atoms with Gasteiger partial charge in [-0.25, -0.2) is 0 Å². The standard InChI is InChI=1S/C16H14ClF3N2O2S/c1-8(2)11-7-25-14(22-15(24)16(18,19)20)12(11)13(23)21-10-5-3-9(17)4-6-10/h3-8H,1-2H3,(H,21,23)(H,22,24). The van der Waals surface area contributed by atoms with E-state index in [2.05, 4.69) is 5.32 Å². The van der Waals surface area contributed by atoms with E-state index in [1.165, 1.54) is 0 Å². The van der Waals surface area contributed by atoms with Crippen molar-refractivity contribution in [3.63, 3.8) is 0 Å². The van der Waals surface area contributed by atoms with Gasteiger partial charge < -0.3 is 10.6 Å². The largest absolute Gasteiger partial charge is 0.471 e. The Hall–Kier alpha value is -2.06. The molecule has 1 aromatic heterocycles. The van der Waals surface area contributed by atoms with Gasteiger partial charge in [-0.3, -0.25) is 9.59 Å². The van der Waals surface area contributed by atoms with Crippen molar-refractivity contribution < 1.29 is 22.8 Å². The molecule has 0 atom stereocenters. The van der Waals surface area contributed by atoms with E-state index in [1.54, 1.807) is 48.8 Å². The summed E-state index contributed by atoms with van der Waals surface area (Å²) in [6.07, 6.45) is -5.04. The van der Waals surface area contributed by atoms with Crippen molar-refractivity contribution in [1.82, 2.24) is 0 Å². The molecule has 134 valence electrons. The van der Waals surface area contributed by atoms with Crippen LogP contribution < -0.4 is 10.6 Å². The third kappa shape index (κ3) is 4.73. The summed E-state index contributed by atoms with van der Waals surface area (Å²) in [6, 6.07) is 6.27. The predicted molar refractivity (Wildman–Crippen MR) is 92.5 cm³/mol. The van der Waals surface area contributed by atoms with Gasteiger partial charge in [0.05, 0.1) is 5.56 Å². The first kappa shape index (κ1) is 19.3. The molecule has 9 heteroatoms. The SMILES string of the molecule is CC(C)c1csc(NC(=O)C(F)(F)F)c1C(=O)Nc1ccc(Cl)cc1. The third-order valence-corrected chi connectivity index (χ3v) is 4.42. The van der Waals surface area contributed by atoms with E-state index in [4.69, 9.17) is 11.6 Å². The maximum atomic E-state index is 12.6. The zero-order valence-corrected chi connectivity index (χ0v) is 14.8. The Morgan fingerprint density at radius 2 is 1.72 bits per heavy atom. The van der Waals surface area contributed by atoms with Crippen LogP contribution in [0.25, 0.3) is 0 Å². The second kappa shape index (κ2) is 7.45. The highest BCUT2D eigenvalue weighted by Gasteiger charge is 2.39. The summed E-state index contributed by atoms with van der Waals surface area (Å²) in [5, 5.41) is 6.27. The topological polar surface area (TPSA) is 58.2 Å². The van der Waals surface area contributed by atoms with Crippen LogP contribution in [0.15, 0.2) is 29.6 Å². The number of hydrogen-bond acceptors (Lipinski definition) is 3. The van der Waals surface area contributed by atoms with Crippen LogP contribution in [0.5, 0.6) is 0 Å². The van der Waals surface area contributed by atoms with E-state index in [0.717, 1.165) is 11.3 Å². The highest BCUT2D eigenvalue weighted by molar-refractivity contribution is 7.15. The van der Waals surface area contributed by atoms with Crippen LogP contribution >= 0.6 is 22.9 Å². The molecule has 0 aliphatic carbocycles. The number of carbonyl (C=O) groups excluding carboxylic acids is 2. The van der Waals surface area contributed by atoms with Crippen molar-refractivity contribution in [3.8, 4) is 0 Å². The van der Waals surface area contributed by atoms with E-state index in [-0.39, 0.29) is 16.5 Å². The van der Waals surface area contributed by atoms with Gasteiger partial charge in [-0.15, -0.1) is 11.3 Å². The number of carbonyl (C=O) groups is 2. The van der Waals surface area contributed by atoms with E-state index in [0.29, 0.717) is 16.3 Å². The fourth-order valence-corrected chi connectivity index (χ4v) is 3.26. The van der Waals surface area contributed by atoms with Crippen molar-refractivity contribution in [2.75, 3.05) is 10.6 Å². The van der Waals surface area contributed by atoms with Gasteiger partial charge in [-0.1, -0.05) is 25.4 Å². The Balaban J connectivity index is 2.33. The summed E-state index contributed by atoms with van der Waals surface area (Å²) >= 11 is 6.65. The molecule has 0 bridgehead atoms. The molecule has 2 N–H and O–H groups in total. The number of alkyl halides is 3. The number of thiophene rings is 1. The van der Waals surface area contributed by atoms with E-state index >= 15 is 0 Å². The third-order valence-electron chi connectivity index (χ3n) is 3.26. The Morgan fingerprint density at radius 1 is 1.12 bits per heavy atom. The number of amides is 2. The highest BCUT2D eigenvalue weighted by atomic mass is 35.5. The van der Waals surface area contributed by atoms with Gasteiger partial charge in [-0.05, 0) is 41.1 Å². The predicted octanol–water partition coefficient (Wildman–Crippen LogP) is 5.28. The average molecular weight is 391 g/mol. The van der Waals surface area contributed by atoms with Gasteiger partial charge in [-0.2, -0.15) is 13.2 Å². The smallest absolute Gasteiger partial charge is 0.322 e. The summed E-state index contributed by atoms with van der Waals surface area (Å²) in [7, 11) is 0. The molecule has 1 heterocycles. The Labute approximate surface area is 151 Å². The first-order valence-electron chi connectivity index (χ1n) is 7.16. The molecule has 0 saturated carbocycles. The normalized spacial score (nSPS) is 11.5. The van der Waals surface area contributed by atoms with Crippen molar-refractivity contribution in [1.29, 1.82) is 0 Å². The summed E-state index contributed by atoms with van der Waals surface area (Å²) in [5.41, 5.74) is 1.00. The maximum Gasteiger partial charge on any atom is 0.471 e. The number of benzene rings is 1. The fourth-order valence-electron chi connectivity index (χ4n) is 2.02. The van der Waals surface area contributed by atoms with Crippen molar-refractivity contribution >= 4 is 45.4 Å². The molecular weight excluding hydrogens is 377 g/mol. The summed E-state index contributed by atoms with van der Waals surface area (Å²) < 4.78 is 37.5. The summed E-state index contributed by atoms with van der Waals surface area (Å²) in [6.45, 7) is 3.60. The molecule has 0 saturated heterocycles. The van der Waals surface area contributed by atoms with Gasteiger partial charge in [0.15, 0.2) is 0 Å². The number of anilines is 2. The minimum Gasteiger partial charge on any atom is -0.322 e. The minimum absolute atomic E-state index is 0.0209. The molecule has 0 unspecified atom stereocenters. The van der Waals surface area contributed by atoms with Gasteiger partial charge in [0.25, 0.3) is 5.91 Å². The molecular formula is C16H14ClF3N2O2S. The van der Waals surface area contributed by atoms with Crippen LogP contribution in [-0.2, 0) is 4.79 Å². The lowest BCUT2D eigenvalue weighted by Gasteiger charge is -2.12. The first-order chi connectivity index (χ1) is 11.6. The lowest BCUT2D eigenvalue weighted by atomic mass is 10.0. The van der Waals surface area contributed by atoms with E-state index in [9.17, 15) is 22.8 Å². The average Bonchev–Trinajstić information content (AvgIpc) is 2.92. The Morgan fingerprint density at radius 3 is 2.24 bits per heavy atom. The van der Waals surface area contributed by atoms with Crippen LogP contribution in [0.1, 0.15) is 35.7 Å². The van der Waals surface area contributed by atoms with Crippen LogP contribution in [-0.4, -0.2) is 18.0 Å². The zero-order chi connectivity index (χ0) is 18.8. The molecule has 25 heavy (non-hydrogen) atoms. The number of rotatable bonds is 4. The van der Waals surface area contributed by atoms with E-state index < -0.39 is 18.0 Å². The van der Waals surface area contributed by atoms with Crippen LogP contribution in [0.2, 0.25) is 5.02 Å². The Kier molecular flexibility index (Phi) is 5.74. The highest BCUT2D eigenvalue weighted by Crippen LogP contribution is 2.34. The number of hydrogen-bond donors (Lipinski definition) is 2. The van der Waals surface area contributed by atoms with Crippen molar-refractivity contribution in [2.24, 2.45) is 0 Å². The van der Waals surface area contributed by atoms with Crippen LogP contribution in [0, 0.1) is 0 Å².